The van der Waals surface area contributed by atoms with Crippen molar-refractivity contribution in [1.29, 1.82) is 0 Å². The maximum atomic E-state index is 13.4. The number of furan rings is 1. The molecular formula is C20H25FN4O4S. The van der Waals surface area contributed by atoms with Gasteiger partial charge in [-0.15, -0.1) is 0 Å². The van der Waals surface area contributed by atoms with E-state index in [9.17, 15) is 17.6 Å². The van der Waals surface area contributed by atoms with Crippen LogP contribution in [-0.2, 0) is 14.8 Å². The van der Waals surface area contributed by atoms with Gasteiger partial charge in [0.05, 0.1) is 6.04 Å². The second-order valence-corrected chi connectivity index (χ2v) is 9.57. The molecule has 162 valence electrons. The van der Waals surface area contributed by atoms with Gasteiger partial charge >= 0.3 is 0 Å². The molecule has 10 heteroatoms. The van der Waals surface area contributed by atoms with Crippen LogP contribution in [0, 0.1) is 18.7 Å². The molecule has 1 atom stereocenters. The number of carbonyl (C=O) groups excluding carboxylic acids is 1. The predicted octanol–water partition coefficient (Wildman–Crippen LogP) is 2.31. The van der Waals surface area contributed by atoms with Crippen molar-refractivity contribution >= 4 is 21.6 Å². The van der Waals surface area contributed by atoms with E-state index in [1.165, 1.54) is 22.5 Å². The Hall–Kier alpha value is -2.27. The van der Waals surface area contributed by atoms with Crippen molar-refractivity contribution in [2.75, 3.05) is 25.0 Å². The van der Waals surface area contributed by atoms with Crippen molar-refractivity contribution < 1.29 is 22.0 Å². The van der Waals surface area contributed by atoms with Crippen molar-refractivity contribution in [2.45, 2.75) is 37.3 Å². The number of sulfonamides is 1. The number of halogens is 1. The fourth-order valence-corrected chi connectivity index (χ4v) is 5.20. The van der Waals surface area contributed by atoms with Crippen LogP contribution in [0.2, 0.25) is 0 Å². The summed E-state index contributed by atoms with van der Waals surface area (Å²) in [5.41, 5.74) is 7.03. The Balaban J connectivity index is 1.36. The Bertz CT molecular complexity index is 1030. The maximum absolute atomic E-state index is 13.4. The minimum absolute atomic E-state index is 0.0431. The molecular weight excluding hydrogens is 411 g/mol. The van der Waals surface area contributed by atoms with Gasteiger partial charge in [-0.1, -0.05) is 0 Å². The van der Waals surface area contributed by atoms with Crippen LogP contribution in [0.4, 0.5) is 10.1 Å². The summed E-state index contributed by atoms with van der Waals surface area (Å²) in [7, 11) is -3.74. The number of hydrogen-bond acceptors (Lipinski definition) is 6. The van der Waals surface area contributed by atoms with Gasteiger partial charge in [-0.2, -0.15) is 4.31 Å². The zero-order valence-electron chi connectivity index (χ0n) is 16.7. The highest BCUT2D eigenvalue weighted by molar-refractivity contribution is 7.89. The predicted molar refractivity (Wildman–Crippen MR) is 108 cm³/mol. The molecule has 2 saturated heterocycles. The first-order valence-corrected chi connectivity index (χ1v) is 11.4. The van der Waals surface area contributed by atoms with Crippen molar-refractivity contribution in [3.63, 3.8) is 0 Å². The van der Waals surface area contributed by atoms with Gasteiger partial charge < -0.3 is 9.73 Å². The zero-order chi connectivity index (χ0) is 21.3. The quantitative estimate of drug-likeness (QED) is 0.665. The minimum Gasteiger partial charge on any atom is -0.447 e. The summed E-state index contributed by atoms with van der Waals surface area (Å²) in [6, 6.07) is 7.54. The van der Waals surface area contributed by atoms with E-state index in [-0.39, 0.29) is 41.9 Å². The summed E-state index contributed by atoms with van der Waals surface area (Å²) < 4.78 is 46.2. The molecule has 0 saturated carbocycles. The summed E-state index contributed by atoms with van der Waals surface area (Å²) in [4.78, 5) is 12.5. The number of aryl methyl sites for hydroxylation is 1. The lowest BCUT2D eigenvalue weighted by Crippen LogP contribution is -2.41. The van der Waals surface area contributed by atoms with E-state index in [1.807, 2.05) is 0 Å². The Morgan fingerprint density at radius 1 is 1.20 bits per heavy atom. The number of hydrogen-bond donors (Lipinski definition) is 3. The number of piperidine rings is 1. The zero-order valence-corrected chi connectivity index (χ0v) is 17.5. The fraction of sp³-hybridized carbons (Fsp3) is 0.450. The van der Waals surface area contributed by atoms with Gasteiger partial charge in [-0.25, -0.2) is 18.2 Å². The molecule has 3 heterocycles. The third-order valence-electron chi connectivity index (χ3n) is 5.62. The largest absolute Gasteiger partial charge is 0.447 e. The lowest BCUT2D eigenvalue weighted by atomic mass is 9.97. The topological polar surface area (TPSA) is 104 Å². The van der Waals surface area contributed by atoms with Crippen LogP contribution in [0.25, 0.3) is 0 Å². The number of hydrazine groups is 1. The number of benzene rings is 1. The highest BCUT2D eigenvalue weighted by atomic mass is 32.2. The number of amides is 1. The second kappa shape index (κ2) is 8.46. The van der Waals surface area contributed by atoms with Gasteiger partial charge in [0.1, 0.15) is 11.6 Å². The summed E-state index contributed by atoms with van der Waals surface area (Å²) in [6.07, 6.45) is 1.64. The van der Waals surface area contributed by atoms with Gasteiger partial charge in [0.2, 0.25) is 11.0 Å². The van der Waals surface area contributed by atoms with E-state index in [2.05, 4.69) is 16.2 Å². The highest BCUT2D eigenvalue weighted by Gasteiger charge is 2.34. The third-order valence-corrected chi connectivity index (χ3v) is 7.40. The third kappa shape index (κ3) is 4.27. The molecule has 2 aliphatic rings. The summed E-state index contributed by atoms with van der Waals surface area (Å²) in [5.74, 6) is -0.226. The molecule has 2 aromatic rings. The SMILES string of the molecule is Cc1cc(NC(=O)C2CCN(S(=O)(=O)c3ccc(C4CCNN4)o3)CC2)ccc1F. The summed E-state index contributed by atoms with van der Waals surface area (Å²) in [6.45, 7) is 2.90. The molecule has 3 N–H and O–H groups in total. The highest BCUT2D eigenvalue weighted by Crippen LogP contribution is 2.28. The lowest BCUT2D eigenvalue weighted by Gasteiger charge is -2.29. The summed E-state index contributed by atoms with van der Waals surface area (Å²) >= 11 is 0. The molecule has 8 nitrogen and oxygen atoms in total. The number of carbonyl (C=O) groups is 1. The Morgan fingerprint density at radius 3 is 2.63 bits per heavy atom. The average Bonchev–Trinajstić information content (AvgIpc) is 3.43. The first-order chi connectivity index (χ1) is 14.3. The van der Waals surface area contributed by atoms with Gasteiger partial charge in [0.25, 0.3) is 10.0 Å². The lowest BCUT2D eigenvalue weighted by molar-refractivity contribution is -0.120. The second-order valence-electron chi connectivity index (χ2n) is 7.70. The number of nitrogens with zero attached hydrogens (tertiary/aromatic N) is 1. The van der Waals surface area contributed by atoms with E-state index in [0.29, 0.717) is 29.9 Å². The molecule has 0 aliphatic carbocycles. The molecule has 1 aromatic carbocycles. The van der Waals surface area contributed by atoms with Crippen LogP contribution >= 0.6 is 0 Å². The van der Waals surface area contributed by atoms with Gasteiger partial charge in [0, 0.05) is 31.2 Å². The van der Waals surface area contributed by atoms with E-state index in [4.69, 9.17) is 4.42 Å². The maximum Gasteiger partial charge on any atom is 0.276 e. The molecule has 1 aromatic heterocycles. The van der Waals surface area contributed by atoms with E-state index >= 15 is 0 Å². The van der Waals surface area contributed by atoms with Crippen LogP contribution in [0.15, 0.2) is 39.8 Å². The first kappa shape index (κ1) is 21.0. The van der Waals surface area contributed by atoms with Gasteiger partial charge in [0.15, 0.2) is 0 Å². The number of nitrogens with one attached hydrogen (secondary N) is 3. The van der Waals surface area contributed by atoms with Gasteiger partial charge in [-0.3, -0.25) is 10.2 Å². The van der Waals surface area contributed by atoms with Crippen LogP contribution in [0.3, 0.4) is 0 Å². The molecule has 0 bridgehead atoms. The Kier molecular flexibility index (Phi) is 5.92. The summed E-state index contributed by atoms with van der Waals surface area (Å²) in [5, 5.41) is 2.72. The minimum atomic E-state index is -3.74. The molecule has 0 radical (unpaired) electrons. The molecule has 30 heavy (non-hydrogen) atoms. The van der Waals surface area contributed by atoms with Crippen LogP contribution in [0.1, 0.15) is 36.6 Å². The number of anilines is 1. The van der Waals surface area contributed by atoms with Crippen LogP contribution in [-0.4, -0.2) is 38.3 Å². The van der Waals surface area contributed by atoms with Gasteiger partial charge in [-0.05, 0) is 62.1 Å². The Labute approximate surface area is 174 Å². The van der Waals surface area contributed by atoms with Crippen molar-refractivity contribution in [3.8, 4) is 0 Å². The monoisotopic (exact) mass is 436 g/mol. The van der Waals surface area contributed by atoms with Crippen LogP contribution < -0.4 is 16.2 Å². The molecule has 1 unspecified atom stereocenters. The molecule has 2 fully saturated rings. The van der Waals surface area contributed by atoms with E-state index < -0.39 is 10.0 Å². The number of rotatable bonds is 5. The molecule has 0 spiro atoms. The van der Waals surface area contributed by atoms with E-state index in [0.717, 1.165) is 13.0 Å². The van der Waals surface area contributed by atoms with Crippen LogP contribution in [0.5, 0.6) is 0 Å². The Morgan fingerprint density at radius 2 is 1.97 bits per heavy atom. The van der Waals surface area contributed by atoms with Crippen molar-refractivity contribution in [2.24, 2.45) is 5.92 Å². The fourth-order valence-electron chi connectivity index (χ4n) is 3.81. The normalized spacial score (nSPS) is 21.1. The molecule has 1 amide bonds. The first-order valence-electron chi connectivity index (χ1n) is 10.00. The molecule has 4 rings (SSSR count). The van der Waals surface area contributed by atoms with Crippen molar-refractivity contribution in [1.82, 2.24) is 15.2 Å². The molecule has 2 aliphatic heterocycles. The standard InChI is InChI=1S/C20H25FN4O4S/c1-13-12-15(2-3-16(13)21)23-20(26)14-7-10-25(11-8-14)30(27,28)19-5-4-18(29-19)17-6-9-22-24-17/h2-5,12,14,17,22,24H,6-11H2,1H3,(H,23,26). The smallest absolute Gasteiger partial charge is 0.276 e. The van der Waals surface area contributed by atoms with E-state index in [1.54, 1.807) is 19.1 Å². The average molecular weight is 437 g/mol. The van der Waals surface area contributed by atoms with Crippen molar-refractivity contribution in [3.05, 3.63) is 47.5 Å².